The molecule has 0 saturated heterocycles. The lowest BCUT2D eigenvalue weighted by Gasteiger charge is -2.28. The van der Waals surface area contributed by atoms with Crippen LogP contribution in [-0.4, -0.2) is 0 Å². The zero-order valence-corrected chi connectivity index (χ0v) is 34.3. The predicted molar refractivity (Wildman–Crippen MR) is 244 cm³/mol. The van der Waals surface area contributed by atoms with Crippen molar-refractivity contribution in [2.24, 2.45) is 11.8 Å². The summed E-state index contributed by atoms with van der Waals surface area (Å²) in [6.07, 6.45) is 16.0. The molecule has 0 spiro atoms. The van der Waals surface area contributed by atoms with Crippen molar-refractivity contribution >= 4 is 32.7 Å². The van der Waals surface area contributed by atoms with Gasteiger partial charge in [-0.1, -0.05) is 149 Å². The monoisotopic (exact) mass is 760 g/mol. The second-order valence-corrected chi connectivity index (χ2v) is 17.6. The van der Waals surface area contributed by atoms with Gasteiger partial charge in [0.15, 0.2) is 0 Å². The third-order valence-corrected chi connectivity index (χ3v) is 14.0. The number of benzene rings is 6. The van der Waals surface area contributed by atoms with Gasteiger partial charge in [-0.3, -0.25) is 0 Å². The lowest BCUT2D eigenvalue weighted by molar-refractivity contribution is 0.308. The lowest BCUT2D eigenvalue weighted by atomic mass is 9.77. The molecule has 2 saturated carbocycles. The molecule has 2 heteroatoms. The van der Waals surface area contributed by atoms with Crippen LogP contribution < -0.4 is 0 Å². The molecule has 58 heavy (non-hydrogen) atoms. The van der Waals surface area contributed by atoms with Gasteiger partial charge in [0.25, 0.3) is 0 Å². The molecular weight excluding hydrogens is 705 g/mol. The van der Waals surface area contributed by atoms with Gasteiger partial charge in [0.05, 0.1) is 0 Å². The SMILES string of the molecule is CCCC1CCC(c2ccc(-c3oc4c(ccc5c4ccc4c(-c6ccccc6)c(-c6ccc(C7CCC(CCC)CC7)cc6)oc45)c3-c3ccccc3)cc2)CC1. The van der Waals surface area contributed by atoms with Gasteiger partial charge in [0.1, 0.15) is 22.7 Å². The number of rotatable bonds is 10. The Morgan fingerprint density at radius 3 is 1.10 bits per heavy atom. The molecule has 8 aromatic rings. The highest BCUT2D eigenvalue weighted by Crippen LogP contribution is 2.48. The average molecular weight is 761 g/mol. The predicted octanol–water partition coefficient (Wildman–Crippen LogP) is 17.1. The Balaban J connectivity index is 1.06. The Morgan fingerprint density at radius 2 is 0.741 bits per heavy atom. The minimum absolute atomic E-state index is 0.657. The maximum Gasteiger partial charge on any atom is 0.143 e. The van der Waals surface area contributed by atoms with Crippen LogP contribution in [0.1, 0.15) is 114 Å². The van der Waals surface area contributed by atoms with Crippen LogP contribution in [0.5, 0.6) is 0 Å². The molecule has 2 fully saturated rings. The zero-order chi connectivity index (χ0) is 39.0. The van der Waals surface area contributed by atoms with E-state index >= 15 is 0 Å². The molecule has 0 N–H and O–H groups in total. The van der Waals surface area contributed by atoms with Crippen LogP contribution in [-0.2, 0) is 0 Å². The van der Waals surface area contributed by atoms with E-state index in [0.717, 1.165) is 78.3 Å². The molecule has 2 heterocycles. The van der Waals surface area contributed by atoms with Gasteiger partial charge in [-0.25, -0.2) is 0 Å². The summed E-state index contributed by atoms with van der Waals surface area (Å²) in [5.74, 6) is 4.99. The third-order valence-electron chi connectivity index (χ3n) is 14.0. The van der Waals surface area contributed by atoms with Crippen LogP contribution in [0.15, 0.2) is 142 Å². The summed E-state index contributed by atoms with van der Waals surface area (Å²) in [6.45, 7) is 4.65. The van der Waals surface area contributed by atoms with E-state index in [4.69, 9.17) is 8.83 Å². The van der Waals surface area contributed by atoms with Crippen molar-refractivity contribution in [1.29, 1.82) is 0 Å². The summed E-state index contributed by atoms with van der Waals surface area (Å²) in [5.41, 5.74) is 11.6. The Hall–Kier alpha value is -5.34. The van der Waals surface area contributed by atoms with Crippen molar-refractivity contribution in [3.05, 3.63) is 145 Å². The first kappa shape index (κ1) is 37.0. The fourth-order valence-electron chi connectivity index (χ4n) is 10.9. The van der Waals surface area contributed by atoms with E-state index in [2.05, 4.69) is 147 Å². The maximum absolute atomic E-state index is 7.08. The largest absolute Gasteiger partial charge is 0.455 e. The minimum Gasteiger partial charge on any atom is -0.455 e. The summed E-state index contributed by atoms with van der Waals surface area (Å²) in [5, 5.41) is 4.40. The Morgan fingerprint density at radius 1 is 0.379 bits per heavy atom. The van der Waals surface area contributed by atoms with E-state index < -0.39 is 0 Å². The quantitative estimate of drug-likeness (QED) is 0.139. The number of fused-ring (bicyclic) bond motifs is 5. The van der Waals surface area contributed by atoms with Gasteiger partial charge >= 0.3 is 0 Å². The first-order chi connectivity index (χ1) is 28.7. The summed E-state index contributed by atoms with van der Waals surface area (Å²) in [6, 6.07) is 49.2. The summed E-state index contributed by atoms with van der Waals surface area (Å²) in [4.78, 5) is 0. The summed E-state index contributed by atoms with van der Waals surface area (Å²) in [7, 11) is 0. The van der Waals surface area contributed by atoms with E-state index in [1.54, 1.807) is 0 Å². The lowest BCUT2D eigenvalue weighted by Crippen LogP contribution is -2.13. The summed E-state index contributed by atoms with van der Waals surface area (Å²) >= 11 is 0. The van der Waals surface area contributed by atoms with Crippen molar-refractivity contribution in [3.8, 4) is 44.9 Å². The molecule has 0 bridgehead atoms. The van der Waals surface area contributed by atoms with Crippen LogP contribution in [0.2, 0.25) is 0 Å². The zero-order valence-electron chi connectivity index (χ0n) is 34.3. The van der Waals surface area contributed by atoms with Gasteiger partial charge < -0.3 is 8.83 Å². The normalized spacial score (nSPS) is 20.0. The van der Waals surface area contributed by atoms with Crippen molar-refractivity contribution in [3.63, 3.8) is 0 Å². The average Bonchev–Trinajstić information content (AvgIpc) is 3.88. The number of hydrogen-bond acceptors (Lipinski definition) is 2. The smallest absolute Gasteiger partial charge is 0.143 e. The molecule has 0 unspecified atom stereocenters. The number of hydrogen-bond donors (Lipinski definition) is 0. The van der Waals surface area contributed by atoms with Gasteiger partial charge in [-0.15, -0.1) is 0 Å². The summed E-state index contributed by atoms with van der Waals surface area (Å²) < 4.78 is 14.2. The van der Waals surface area contributed by atoms with Gasteiger partial charge in [0, 0.05) is 43.8 Å². The highest BCUT2D eigenvalue weighted by Gasteiger charge is 2.26. The van der Waals surface area contributed by atoms with Crippen molar-refractivity contribution in [2.75, 3.05) is 0 Å². The fourth-order valence-corrected chi connectivity index (χ4v) is 10.9. The standard InChI is InChI=1S/C56H56O2/c1-3-11-37-17-21-39(22-18-37)41-25-29-45(30-26-41)53-51(43-13-7-5-8-14-43)49-35-33-48-47(55(49)57-53)34-36-50-52(44-15-9-6-10-16-44)54(58-56(48)50)46-31-27-42(28-32-46)40-23-19-38(12-4-2)20-24-40/h5-10,13-16,25-40H,3-4,11-12,17-24H2,1-2H3. The molecule has 6 aromatic carbocycles. The van der Waals surface area contributed by atoms with Gasteiger partial charge in [0.2, 0.25) is 0 Å². The van der Waals surface area contributed by atoms with Crippen LogP contribution in [0.25, 0.3) is 77.6 Å². The molecule has 292 valence electrons. The molecule has 10 rings (SSSR count). The maximum atomic E-state index is 7.08. The van der Waals surface area contributed by atoms with Crippen molar-refractivity contribution < 1.29 is 8.83 Å². The first-order valence-electron chi connectivity index (χ1n) is 22.4. The number of furan rings is 2. The van der Waals surface area contributed by atoms with Crippen LogP contribution in [0.4, 0.5) is 0 Å². The second kappa shape index (κ2) is 16.1. The van der Waals surface area contributed by atoms with Crippen LogP contribution in [0, 0.1) is 11.8 Å². The molecule has 0 amide bonds. The molecule has 0 aliphatic heterocycles. The Kier molecular flexibility index (Phi) is 10.3. The molecule has 2 aromatic heterocycles. The molecule has 0 radical (unpaired) electrons. The van der Waals surface area contributed by atoms with Crippen LogP contribution in [0.3, 0.4) is 0 Å². The van der Waals surface area contributed by atoms with E-state index in [1.165, 1.54) is 99.3 Å². The topological polar surface area (TPSA) is 26.3 Å². The van der Waals surface area contributed by atoms with Gasteiger partial charge in [-0.2, -0.15) is 0 Å². The van der Waals surface area contributed by atoms with E-state index in [9.17, 15) is 0 Å². The third kappa shape index (κ3) is 6.89. The first-order valence-corrected chi connectivity index (χ1v) is 22.4. The van der Waals surface area contributed by atoms with Crippen molar-refractivity contribution in [1.82, 2.24) is 0 Å². The second-order valence-electron chi connectivity index (χ2n) is 17.6. The molecule has 2 aliphatic rings. The molecule has 2 aliphatic carbocycles. The highest BCUT2D eigenvalue weighted by atomic mass is 16.3. The van der Waals surface area contributed by atoms with E-state index in [1.807, 2.05) is 0 Å². The fraction of sp³-hybridized carbons (Fsp3) is 0.321. The Labute approximate surface area is 344 Å². The van der Waals surface area contributed by atoms with Gasteiger partial charge in [-0.05, 0) is 122 Å². The van der Waals surface area contributed by atoms with Crippen molar-refractivity contribution in [2.45, 2.75) is 103 Å². The van der Waals surface area contributed by atoms with E-state index in [0.29, 0.717) is 11.8 Å². The minimum atomic E-state index is 0.657. The van der Waals surface area contributed by atoms with Crippen LogP contribution >= 0.6 is 0 Å². The van der Waals surface area contributed by atoms with E-state index in [-0.39, 0.29) is 0 Å². The molecule has 0 atom stereocenters. The molecular formula is C56H56O2. The highest BCUT2D eigenvalue weighted by molar-refractivity contribution is 6.20. The molecule has 2 nitrogen and oxygen atoms in total. The Bertz CT molecular complexity index is 2440.